The average Bonchev–Trinajstić information content (AvgIpc) is 2.32. The van der Waals surface area contributed by atoms with E-state index >= 15 is 0 Å². The number of halogens is 2. The van der Waals surface area contributed by atoms with Crippen molar-refractivity contribution in [3.63, 3.8) is 0 Å². The molecule has 0 aromatic heterocycles. The molecule has 1 rings (SSSR count). The lowest BCUT2D eigenvalue weighted by Gasteiger charge is -2.29. The quantitative estimate of drug-likeness (QED) is 0.889. The smallest absolute Gasteiger partial charge is 0.226 e. The Hall–Kier alpha value is -1.49. The van der Waals surface area contributed by atoms with Gasteiger partial charge in [-0.2, -0.15) is 0 Å². The number of hydrogen-bond donors (Lipinski definition) is 1. The maximum absolute atomic E-state index is 13.4. The number of nitrogens with zero attached hydrogens (tertiary/aromatic N) is 1. The van der Waals surface area contributed by atoms with Crippen LogP contribution in [0.5, 0.6) is 0 Å². The van der Waals surface area contributed by atoms with Crippen molar-refractivity contribution in [1.82, 2.24) is 4.90 Å². The van der Waals surface area contributed by atoms with Crippen LogP contribution in [0.3, 0.4) is 0 Å². The summed E-state index contributed by atoms with van der Waals surface area (Å²) in [5.74, 6) is -1.56. The molecule has 3 nitrogen and oxygen atoms in total. The van der Waals surface area contributed by atoms with Gasteiger partial charge >= 0.3 is 0 Å². The minimum atomic E-state index is -0.695. The number of likely N-dealkylation sites (N-methyl/N-ethyl adjacent to an activating group) is 1. The Morgan fingerprint density at radius 2 is 2.00 bits per heavy atom. The first kappa shape index (κ1) is 15.6. The van der Waals surface area contributed by atoms with Gasteiger partial charge in [0.1, 0.15) is 11.6 Å². The molecule has 0 unspecified atom stereocenters. The molecule has 106 valence electrons. The number of benzene rings is 1. The third-order valence-corrected chi connectivity index (χ3v) is 3.00. The van der Waals surface area contributed by atoms with E-state index in [1.807, 2.05) is 13.8 Å². The standard InChI is InChI=1S/C14H20F2N2O/c1-14(2,8-17)9-18(3)13(19)6-10-4-5-11(15)7-12(10)16/h4-5,7H,6,8-9,17H2,1-3H3. The lowest BCUT2D eigenvalue weighted by Crippen LogP contribution is -2.40. The number of amides is 1. The summed E-state index contributed by atoms with van der Waals surface area (Å²) in [6, 6.07) is 3.23. The molecule has 1 aromatic rings. The number of carbonyl (C=O) groups excluding carboxylic acids is 1. The Morgan fingerprint density at radius 3 is 2.53 bits per heavy atom. The van der Waals surface area contributed by atoms with Gasteiger partial charge in [-0.15, -0.1) is 0 Å². The first-order valence-electron chi connectivity index (χ1n) is 6.13. The highest BCUT2D eigenvalue weighted by Crippen LogP contribution is 2.16. The molecule has 0 atom stereocenters. The molecule has 5 heteroatoms. The number of carbonyl (C=O) groups is 1. The number of hydrogen-bond acceptors (Lipinski definition) is 2. The third-order valence-electron chi connectivity index (χ3n) is 3.00. The molecule has 0 radical (unpaired) electrons. The van der Waals surface area contributed by atoms with Gasteiger partial charge in [-0.05, 0) is 23.6 Å². The lowest BCUT2D eigenvalue weighted by molar-refractivity contribution is -0.130. The molecule has 0 aliphatic rings. The van der Waals surface area contributed by atoms with Gasteiger partial charge in [0.25, 0.3) is 0 Å². The molecule has 0 bridgehead atoms. The van der Waals surface area contributed by atoms with Gasteiger partial charge in [-0.3, -0.25) is 4.79 Å². The van der Waals surface area contributed by atoms with Gasteiger partial charge in [-0.25, -0.2) is 8.78 Å². The fourth-order valence-electron chi connectivity index (χ4n) is 1.76. The van der Waals surface area contributed by atoms with Crippen LogP contribution >= 0.6 is 0 Å². The van der Waals surface area contributed by atoms with E-state index in [9.17, 15) is 13.6 Å². The summed E-state index contributed by atoms with van der Waals surface area (Å²) in [4.78, 5) is 13.5. The van der Waals surface area contributed by atoms with E-state index in [0.717, 1.165) is 12.1 Å². The van der Waals surface area contributed by atoms with Crippen LogP contribution < -0.4 is 5.73 Å². The fraction of sp³-hybridized carbons (Fsp3) is 0.500. The van der Waals surface area contributed by atoms with E-state index in [4.69, 9.17) is 5.73 Å². The van der Waals surface area contributed by atoms with Crippen molar-refractivity contribution >= 4 is 5.91 Å². The average molecular weight is 270 g/mol. The predicted molar refractivity (Wildman–Crippen MR) is 70.5 cm³/mol. The molecule has 0 saturated carbocycles. The molecule has 0 spiro atoms. The zero-order valence-electron chi connectivity index (χ0n) is 11.5. The Kier molecular flexibility index (Phi) is 5.00. The fourth-order valence-corrected chi connectivity index (χ4v) is 1.76. The summed E-state index contributed by atoms with van der Waals surface area (Å²) in [5.41, 5.74) is 5.62. The summed E-state index contributed by atoms with van der Waals surface area (Å²) < 4.78 is 26.2. The van der Waals surface area contributed by atoms with Crippen molar-refractivity contribution < 1.29 is 13.6 Å². The highest BCUT2D eigenvalue weighted by atomic mass is 19.1. The lowest BCUT2D eigenvalue weighted by atomic mass is 9.93. The van der Waals surface area contributed by atoms with Gasteiger partial charge in [-0.1, -0.05) is 19.9 Å². The van der Waals surface area contributed by atoms with Crippen LogP contribution in [0.25, 0.3) is 0 Å². The van der Waals surface area contributed by atoms with E-state index in [0.29, 0.717) is 13.1 Å². The van der Waals surface area contributed by atoms with Crippen LogP contribution in [0.2, 0.25) is 0 Å². The van der Waals surface area contributed by atoms with E-state index in [1.165, 1.54) is 11.0 Å². The SMILES string of the molecule is CN(CC(C)(C)CN)C(=O)Cc1ccc(F)cc1F. The Morgan fingerprint density at radius 1 is 1.37 bits per heavy atom. The summed E-state index contributed by atoms with van der Waals surface area (Å²) >= 11 is 0. The second kappa shape index (κ2) is 6.10. The minimum absolute atomic E-state index is 0.0801. The van der Waals surface area contributed by atoms with Crippen molar-refractivity contribution in [3.8, 4) is 0 Å². The second-order valence-electron chi connectivity index (χ2n) is 5.53. The van der Waals surface area contributed by atoms with E-state index in [-0.39, 0.29) is 23.3 Å². The van der Waals surface area contributed by atoms with Crippen LogP contribution in [0.15, 0.2) is 18.2 Å². The summed E-state index contributed by atoms with van der Waals surface area (Å²) in [5, 5.41) is 0. The van der Waals surface area contributed by atoms with Crippen molar-refractivity contribution in [2.75, 3.05) is 20.1 Å². The Bertz CT molecular complexity index is 461. The Labute approximate surface area is 112 Å². The molecular weight excluding hydrogens is 250 g/mol. The molecule has 0 heterocycles. The minimum Gasteiger partial charge on any atom is -0.345 e. The van der Waals surface area contributed by atoms with Crippen LogP contribution in [0.1, 0.15) is 19.4 Å². The highest BCUT2D eigenvalue weighted by Gasteiger charge is 2.21. The zero-order valence-corrected chi connectivity index (χ0v) is 11.5. The zero-order chi connectivity index (χ0) is 14.6. The molecule has 1 amide bonds. The maximum Gasteiger partial charge on any atom is 0.226 e. The molecule has 0 aliphatic carbocycles. The van der Waals surface area contributed by atoms with E-state index in [1.54, 1.807) is 7.05 Å². The topological polar surface area (TPSA) is 46.3 Å². The predicted octanol–water partition coefficient (Wildman–Crippen LogP) is 1.95. The normalized spacial score (nSPS) is 11.5. The third kappa shape index (κ3) is 4.59. The summed E-state index contributed by atoms with van der Waals surface area (Å²) in [7, 11) is 1.65. The first-order chi connectivity index (χ1) is 8.75. The van der Waals surface area contributed by atoms with Crippen molar-refractivity contribution in [2.45, 2.75) is 20.3 Å². The van der Waals surface area contributed by atoms with E-state index < -0.39 is 11.6 Å². The van der Waals surface area contributed by atoms with Gasteiger partial charge in [0.15, 0.2) is 0 Å². The van der Waals surface area contributed by atoms with Gasteiger partial charge < -0.3 is 10.6 Å². The van der Waals surface area contributed by atoms with Gasteiger partial charge in [0.05, 0.1) is 6.42 Å². The second-order valence-corrected chi connectivity index (χ2v) is 5.53. The molecule has 0 saturated heterocycles. The molecule has 0 fully saturated rings. The van der Waals surface area contributed by atoms with Gasteiger partial charge in [0.2, 0.25) is 5.91 Å². The van der Waals surface area contributed by atoms with Crippen LogP contribution in [0.4, 0.5) is 8.78 Å². The number of nitrogens with two attached hydrogens (primary N) is 1. The highest BCUT2D eigenvalue weighted by molar-refractivity contribution is 5.78. The monoisotopic (exact) mass is 270 g/mol. The largest absolute Gasteiger partial charge is 0.345 e. The molecule has 19 heavy (non-hydrogen) atoms. The van der Waals surface area contributed by atoms with Crippen molar-refractivity contribution in [3.05, 3.63) is 35.4 Å². The number of rotatable bonds is 5. The molecular formula is C14H20F2N2O. The molecule has 0 aliphatic heterocycles. The maximum atomic E-state index is 13.4. The van der Waals surface area contributed by atoms with Crippen LogP contribution in [-0.2, 0) is 11.2 Å². The van der Waals surface area contributed by atoms with Crippen LogP contribution in [0, 0.1) is 17.0 Å². The molecule has 1 aromatic carbocycles. The van der Waals surface area contributed by atoms with Crippen molar-refractivity contribution in [2.24, 2.45) is 11.1 Å². The summed E-state index contributed by atoms with van der Waals surface area (Å²) in [6.45, 7) is 4.85. The van der Waals surface area contributed by atoms with Gasteiger partial charge in [0, 0.05) is 19.7 Å². The van der Waals surface area contributed by atoms with Crippen molar-refractivity contribution in [1.29, 1.82) is 0 Å². The molecule has 2 N–H and O–H groups in total. The first-order valence-corrected chi connectivity index (χ1v) is 6.13. The van der Waals surface area contributed by atoms with Crippen LogP contribution in [-0.4, -0.2) is 30.9 Å². The summed E-state index contributed by atoms with van der Waals surface area (Å²) in [6.07, 6.45) is -0.0801. The Balaban J connectivity index is 2.69. The van der Waals surface area contributed by atoms with E-state index in [2.05, 4.69) is 0 Å².